The van der Waals surface area contributed by atoms with Crippen LogP contribution < -0.4 is 4.74 Å². The molecule has 0 saturated heterocycles. The van der Waals surface area contributed by atoms with Gasteiger partial charge in [0.25, 0.3) is 0 Å². The Kier molecular flexibility index (Phi) is 4.77. The van der Waals surface area contributed by atoms with Crippen molar-refractivity contribution in [2.24, 2.45) is 0 Å². The van der Waals surface area contributed by atoms with Gasteiger partial charge in [-0.2, -0.15) is 0 Å². The van der Waals surface area contributed by atoms with E-state index in [0.29, 0.717) is 6.54 Å². The molecule has 3 heteroatoms. The van der Waals surface area contributed by atoms with Crippen LogP contribution in [0.2, 0.25) is 0 Å². The molecular weight excluding hydrogens is 250 g/mol. The van der Waals surface area contributed by atoms with E-state index in [0.717, 1.165) is 22.4 Å². The van der Waals surface area contributed by atoms with Gasteiger partial charge in [-0.15, -0.1) is 0 Å². The van der Waals surface area contributed by atoms with Crippen LogP contribution in [-0.4, -0.2) is 37.8 Å². The Balaban J connectivity index is 2.14. The summed E-state index contributed by atoms with van der Waals surface area (Å²) in [5.74, 6) is 0.853. The Morgan fingerprint density at radius 3 is 1.90 bits per heavy atom. The zero-order valence-corrected chi connectivity index (χ0v) is 12.2. The average Bonchev–Trinajstić information content (AvgIpc) is 2.47. The van der Waals surface area contributed by atoms with Gasteiger partial charge < -0.3 is 14.7 Å². The maximum absolute atomic E-state index is 10.1. The predicted octanol–water partition coefficient (Wildman–Crippen LogP) is 2.96. The molecular formula is C17H21NO2. The number of hydrogen-bond donors (Lipinski definition) is 1. The summed E-state index contributed by atoms with van der Waals surface area (Å²) in [6.07, 6.45) is -0.449. The normalized spacial score (nSPS) is 12.4. The fourth-order valence-corrected chi connectivity index (χ4v) is 2.13. The maximum atomic E-state index is 10.1. The van der Waals surface area contributed by atoms with Gasteiger partial charge in [-0.05, 0) is 42.9 Å². The molecule has 20 heavy (non-hydrogen) atoms. The zero-order chi connectivity index (χ0) is 14.5. The molecule has 0 aliphatic rings. The second-order valence-electron chi connectivity index (χ2n) is 5.13. The maximum Gasteiger partial charge on any atom is 0.118 e. The van der Waals surface area contributed by atoms with Crippen LogP contribution >= 0.6 is 0 Å². The second kappa shape index (κ2) is 6.55. The zero-order valence-electron chi connectivity index (χ0n) is 12.2. The lowest BCUT2D eigenvalue weighted by Crippen LogP contribution is -2.19. The van der Waals surface area contributed by atoms with Gasteiger partial charge >= 0.3 is 0 Å². The van der Waals surface area contributed by atoms with Crippen LogP contribution in [0.1, 0.15) is 11.7 Å². The molecule has 1 atom stereocenters. The monoisotopic (exact) mass is 271 g/mol. The Morgan fingerprint density at radius 1 is 0.950 bits per heavy atom. The molecule has 1 unspecified atom stereocenters. The molecule has 0 bridgehead atoms. The van der Waals surface area contributed by atoms with Crippen LogP contribution in [0.4, 0.5) is 0 Å². The van der Waals surface area contributed by atoms with Gasteiger partial charge in [-0.1, -0.05) is 36.4 Å². The number of aliphatic hydroxyl groups excluding tert-OH is 1. The summed E-state index contributed by atoms with van der Waals surface area (Å²) in [4.78, 5) is 1.97. The number of benzene rings is 2. The van der Waals surface area contributed by atoms with Crippen molar-refractivity contribution in [3.63, 3.8) is 0 Å². The lowest BCUT2D eigenvalue weighted by Gasteiger charge is -2.16. The highest BCUT2D eigenvalue weighted by molar-refractivity contribution is 5.64. The quantitative estimate of drug-likeness (QED) is 0.907. The number of likely N-dealkylation sites (N-methyl/N-ethyl adjacent to an activating group) is 1. The largest absolute Gasteiger partial charge is 0.497 e. The van der Waals surface area contributed by atoms with E-state index in [2.05, 4.69) is 0 Å². The molecule has 0 saturated carbocycles. The number of rotatable bonds is 5. The fraction of sp³-hybridized carbons (Fsp3) is 0.294. The van der Waals surface area contributed by atoms with Crippen molar-refractivity contribution >= 4 is 0 Å². The molecule has 0 fully saturated rings. The van der Waals surface area contributed by atoms with Crippen LogP contribution in [0.5, 0.6) is 5.75 Å². The summed E-state index contributed by atoms with van der Waals surface area (Å²) in [6.45, 7) is 0.627. The average molecular weight is 271 g/mol. The Hall–Kier alpha value is -1.84. The number of methoxy groups -OCH3 is 1. The first kappa shape index (κ1) is 14.6. The van der Waals surface area contributed by atoms with Gasteiger partial charge in [-0.25, -0.2) is 0 Å². The Bertz CT molecular complexity index is 532. The molecule has 0 amide bonds. The van der Waals surface area contributed by atoms with E-state index in [4.69, 9.17) is 4.74 Å². The van der Waals surface area contributed by atoms with Crippen molar-refractivity contribution in [1.29, 1.82) is 0 Å². The summed E-state index contributed by atoms with van der Waals surface area (Å²) in [6, 6.07) is 16.0. The number of aliphatic hydroxyl groups is 1. The van der Waals surface area contributed by atoms with Crippen LogP contribution in [-0.2, 0) is 0 Å². The van der Waals surface area contributed by atoms with Gasteiger partial charge in [0.05, 0.1) is 13.2 Å². The molecule has 0 aliphatic heterocycles. The molecule has 0 aromatic heterocycles. The van der Waals surface area contributed by atoms with Crippen molar-refractivity contribution < 1.29 is 9.84 Å². The van der Waals surface area contributed by atoms with Crippen LogP contribution in [0, 0.1) is 0 Å². The third kappa shape index (κ3) is 3.59. The van der Waals surface area contributed by atoms with Crippen molar-refractivity contribution in [2.75, 3.05) is 27.7 Å². The first-order valence-electron chi connectivity index (χ1n) is 6.67. The van der Waals surface area contributed by atoms with E-state index in [1.54, 1.807) is 7.11 Å². The summed E-state index contributed by atoms with van der Waals surface area (Å²) in [7, 11) is 5.57. The van der Waals surface area contributed by atoms with Crippen molar-refractivity contribution in [3.8, 4) is 16.9 Å². The van der Waals surface area contributed by atoms with Crippen molar-refractivity contribution in [1.82, 2.24) is 4.90 Å². The third-order valence-corrected chi connectivity index (χ3v) is 3.26. The molecule has 106 valence electrons. The first-order chi connectivity index (χ1) is 9.60. The highest BCUT2D eigenvalue weighted by atomic mass is 16.5. The van der Waals surface area contributed by atoms with Gasteiger partial charge in [0.1, 0.15) is 5.75 Å². The molecule has 2 aromatic rings. The second-order valence-corrected chi connectivity index (χ2v) is 5.13. The van der Waals surface area contributed by atoms with Gasteiger partial charge in [-0.3, -0.25) is 0 Å². The van der Waals surface area contributed by atoms with E-state index in [1.165, 1.54) is 0 Å². The van der Waals surface area contributed by atoms with Gasteiger partial charge in [0, 0.05) is 6.54 Å². The van der Waals surface area contributed by atoms with Crippen molar-refractivity contribution in [2.45, 2.75) is 6.10 Å². The molecule has 2 aromatic carbocycles. The highest BCUT2D eigenvalue weighted by Gasteiger charge is 2.08. The summed E-state index contributed by atoms with van der Waals surface area (Å²) in [5.41, 5.74) is 3.21. The van der Waals surface area contributed by atoms with Crippen molar-refractivity contribution in [3.05, 3.63) is 54.1 Å². The lowest BCUT2D eigenvalue weighted by molar-refractivity contribution is 0.138. The van der Waals surface area contributed by atoms with Crippen LogP contribution in [0.3, 0.4) is 0 Å². The Morgan fingerprint density at radius 2 is 1.45 bits per heavy atom. The van der Waals surface area contributed by atoms with E-state index in [1.807, 2.05) is 67.5 Å². The summed E-state index contributed by atoms with van der Waals surface area (Å²) in [5, 5.41) is 10.1. The molecule has 0 spiro atoms. The molecule has 3 nitrogen and oxygen atoms in total. The minimum Gasteiger partial charge on any atom is -0.497 e. The Labute approximate surface area is 120 Å². The first-order valence-corrected chi connectivity index (χ1v) is 6.67. The fourth-order valence-electron chi connectivity index (χ4n) is 2.13. The van der Waals surface area contributed by atoms with E-state index in [9.17, 15) is 5.11 Å². The standard InChI is InChI=1S/C17H21NO2/c1-18(2)12-17(19)15-6-4-13(5-7-15)14-8-10-16(20-3)11-9-14/h4-11,17,19H,12H2,1-3H3. The minimum atomic E-state index is -0.449. The van der Waals surface area contributed by atoms with Gasteiger partial charge in [0.15, 0.2) is 0 Å². The highest BCUT2D eigenvalue weighted by Crippen LogP contribution is 2.24. The molecule has 2 rings (SSSR count). The lowest BCUT2D eigenvalue weighted by atomic mass is 10.0. The SMILES string of the molecule is COc1ccc(-c2ccc(C(O)CN(C)C)cc2)cc1. The van der Waals surface area contributed by atoms with Crippen LogP contribution in [0.25, 0.3) is 11.1 Å². The van der Waals surface area contributed by atoms with E-state index in [-0.39, 0.29) is 0 Å². The number of ether oxygens (including phenoxy) is 1. The van der Waals surface area contributed by atoms with Crippen LogP contribution in [0.15, 0.2) is 48.5 Å². The third-order valence-electron chi connectivity index (χ3n) is 3.26. The smallest absolute Gasteiger partial charge is 0.118 e. The minimum absolute atomic E-state index is 0.449. The summed E-state index contributed by atoms with van der Waals surface area (Å²) >= 11 is 0. The molecule has 0 aliphatic carbocycles. The van der Waals surface area contributed by atoms with E-state index < -0.39 is 6.10 Å². The molecule has 1 N–H and O–H groups in total. The van der Waals surface area contributed by atoms with E-state index >= 15 is 0 Å². The molecule has 0 radical (unpaired) electrons. The topological polar surface area (TPSA) is 32.7 Å². The summed E-state index contributed by atoms with van der Waals surface area (Å²) < 4.78 is 5.15. The number of hydrogen-bond acceptors (Lipinski definition) is 3. The molecule has 0 heterocycles. The number of nitrogens with zero attached hydrogens (tertiary/aromatic N) is 1. The van der Waals surface area contributed by atoms with Gasteiger partial charge in [0.2, 0.25) is 0 Å². The predicted molar refractivity (Wildman–Crippen MR) is 81.9 cm³/mol.